The highest BCUT2D eigenvalue weighted by Crippen LogP contribution is 2.20. The Kier molecular flexibility index (Phi) is 4.34. The zero-order valence-corrected chi connectivity index (χ0v) is 11.7. The predicted molar refractivity (Wildman–Crippen MR) is 75.3 cm³/mol. The average Bonchev–Trinajstić information content (AvgIpc) is 3.20. The molecule has 6 nitrogen and oxygen atoms in total. The molecule has 0 spiro atoms. The van der Waals surface area contributed by atoms with Gasteiger partial charge < -0.3 is 10.6 Å². The summed E-state index contributed by atoms with van der Waals surface area (Å²) in [4.78, 5) is 22.2. The van der Waals surface area contributed by atoms with E-state index in [2.05, 4.69) is 10.6 Å². The predicted octanol–water partition coefficient (Wildman–Crippen LogP) is 1.66. The van der Waals surface area contributed by atoms with E-state index in [0.717, 1.165) is 18.4 Å². The van der Waals surface area contributed by atoms with Gasteiger partial charge in [-0.25, -0.2) is 0 Å². The highest BCUT2D eigenvalue weighted by Gasteiger charge is 2.25. The number of benzene rings is 1. The fraction of sp³-hybridized carbons (Fsp3) is 0.500. The van der Waals surface area contributed by atoms with Crippen molar-refractivity contribution in [2.45, 2.75) is 45.3 Å². The largest absolute Gasteiger partial charge is 0.352 e. The number of hydrogen-bond donors (Lipinski definition) is 2. The lowest BCUT2D eigenvalue weighted by molar-refractivity contribution is -0.385. The molecule has 1 aromatic rings. The van der Waals surface area contributed by atoms with E-state index in [1.807, 2.05) is 6.07 Å². The molecule has 0 saturated heterocycles. The van der Waals surface area contributed by atoms with Gasteiger partial charge in [-0.15, -0.1) is 0 Å². The van der Waals surface area contributed by atoms with E-state index in [-0.39, 0.29) is 22.6 Å². The Hall–Kier alpha value is -1.95. The highest BCUT2D eigenvalue weighted by atomic mass is 16.6. The molecule has 1 unspecified atom stereocenters. The Labute approximate surface area is 117 Å². The van der Waals surface area contributed by atoms with E-state index in [1.165, 1.54) is 0 Å². The lowest BCUT2D eigenvalue weighted by atomic mass is 10.1. The van der Waals surface area contributed by atoms with Crippen LogP contribution >= 0.6 is 0 Å². The van der Waals surface area contributed by atoms with Crippen LogP contribution in [0.25, 0.3) is 0 Å². The van der Waals surface area contributed by atoms with Crippen molar-refractivity contribution in [3.8, 4) is 0 Å². The van der Waals surface area contributed by atoms with Crippen molar-refractivity contribution in [2.75, 3.05) is 0 Å². The highest BCUT2D eigenvalue weighted by molar-refractivity contribution is 5.81. The summed E-state index contributed by atoms with van der Waals surface area (Å²) in [6, 6.07) is 5.14. The van der Waals surface area contributed by atoms with Crippen LogP contribution < -0.4 is 10.6 Å². The van der Waals surface area contributed by atoms with Crippen LogP contribution in [-0.2, 0) is 11.3 Å². The molecule has 108 valence electrons. The third kappa shape index (κ3) is 3.77. The molecule has 1 fully saturated rings. The Bertz CT molecular complexity index is 526. The van der Waals surface area contributed by atoms with Crippen LogP contribution in [-0.4, -0.2) is 22.9 Å². The van der Waals surface area contributed by atoms with Crippen molar-refractivity contribution in [3.05, 3.63) is 39.4 Å². The van der Waals surface area contributed by atoms with Crippen molar-refractivity contribution in [1.82, 2.24) is 10.6 Å². The van der Waals surface area contributed by atoms with Crippen LogP contribution in [0.3, 0.4) is 0 Å². The smallest absolute Gasteiger partial charge is 0.272 e. The Balaban J connectivity index is 1.91. The first-order valence-electron chi connectivity index (χ1n) is 6.75. The minimum absolute atomic E-state index is 0.0193. The zero-order valence-electron chi connectivity index (χ0n) is 11.7. The molecule has 0 bridgehead atoms. The van der Waals surface area contributed by atoms with Crippen LogP contribution in [0, 0.1) is 17.0 Å². The molecule has 0 aliphatic heterocycles. The molecule has 0 radical (unpaired) electrons. The third-order valence-electron chi connectivity index (χ3n) is 3.40. The molecule has 2 N–H and O–H groups in total. The summed E-state index contributed by atoms with van der Waals surface area (Å²) in [7, 11) is 0. The molecular formula is C14H19N3O3. The molecule has 0 aromatic heterocycles. The quantitative estimate of drug-likeness (QED) is 0.612. The van der Waals surface area contributed by atoms with Gasteiger partial charge in [-0.2, -0.15) is 0 Å². The van der Waals surface area contributed by atoms with Crippen LogP contribution in [0.4, 0.5) is 5.69 Å². The van der Waals surface area contributed by atoms with E-state index < -0.39 is 0 Å². The van der Waals surface area contributed by atoms with Gasteiger partial charge in [0.05, 0.1) is 11.0 Å². The number of hydrogen-bond acceptors (Lipinski definition) is 4. The van der Waals surface area contributed by atoms with Gasteiger partial charge in [-0.3, -0.25) is 14.9 Å². The summed E-state index contributed by atoms with van der Waals surface area (Å²) >= 11 is 0. The standard InChI is InChI=1S/C14H19N3O3/c1-9-3-4-11(7-13(9)17(19)20)8-15-10(2)14(18)16-12-5-6-12/h3-4,7,10,12,15H,5-6,8H2,1-2H3,(H,16,18). The number of carbonyl (C=O) groups is 1. The molecule has 1 aromatic carbocycles. The maximum Gasteiger partial charge on any atom is 0.272 e. The fourth-order valence-electron chi connectivity index (χ4n) is 1.88. The van der Waals surface area contributed by atoms with E-state index in [4.69, 9.17) is 0 Å². The fourth-order valence-corrected chi connectivity index (χ4v) is 1.88. The van der Waals surface area contributed by atoms with Gasteiger partial charge in [0.1, 0.15) is 0 Å². The Morgan fingerprint density at radius 1 is 1.50 bits per heavy atom. The van der Waals surface area contributed by atoms with Crippen LogP contribution in [0.15, 0.2) is 18.2 Å². The summed E-state index contributed by atoms with van der Waals surface area (Å²) in [6.45, 7) is 3.93. The van der Waals surface area contributed by atoms with Gasteiger partial charge >= 0.3 is 0 Å². The maximum absolute atomic E-state index is 11.8. The third-order valence-corrected chi connectivity index (χ3v) is 3.40. The van der Waals surface area contributed by atoms with Crippen LogP contribution in [0.1, 0.15) is 30.9 Å². The van der Waals surface area contributed by atoms with Gasteiger partial charge in [0.15, 0.2) is 0 Å². The molecule has 20 heavy (non-hydrogen) atoms. The first kappa shape index (κ1) is 14.5. The molecule has 2 rings (SSSR count). The SMILES string of the molecule is Cc1ccc(CNC(C)C(=O)NC2CC2)cc1[N+](=O)[O-]. The lowest BCUT2D eigenvalue weighted by Crippen LogP contribution is -2.42. The van der Waals surface area contributed by atoms with Gasteiger partial charge in [-0.05, 0) is 32.3 Å². The summed E-state index contributed by atoms with van der Waals surface area (Å²) in [5, 5.41) is 16.9. The number of nitrogens with zero attached hydrogens (tertiary/aromatic N) is 1. The minimum atomic E-state index is -0.387. The van der Waals surface area contributed by atoms with Crippen molar-refractivity contribution in [1.29, 1.82) is 0 Å². The second-order valence-electron chi connectivity index (χ2n) is 5.26. The molecule has 1 atom stereocenters. The molecule has 1 aliphatic carbocycles. The van der Waals surface area contributed by atoms with Crippen molar-refractivity contribution in [2.24, 2.45) is 0 Å². The monoisotopic (exact) mass is 277 g/mol. The molecule has 0 heterocycles. The van der Waals surface area contributed by atoms with E-state index in [0.29, 0.717) is 18.2 Å². The molecular weight excluding hydrogens is 258 g/mol. The van der Waals surface area contributed by atoms with Gasteiger partial charge in [0.25, 0.3) is 5.69 Å². The number of aryl methyl sites for hydroxylation is 1. The van der Waals surface area contributed by atoms with Crippen LogP contribution in [0.2, 0.25) is 0 Å². The van der Waals surface area contributed by atoms with E-state index >= 15 is 0 Å². The van der Waals surface area contributed by atoms with Gasteiger partial charge in [0.2, 0.25) is 5.91 Å². The topological polar surface area (TPSA) is 84.3 Å². The van der Waals surface area contributed by atoms with E-state index in [9.17, 15) is 14.9 Å². The molecule has 1 saturated carbocycles. The Morgan fingerprint density at radius 2 is 2.20 bits per heavy atom. The lowest BCUT2D eigenvalue weighted by Gasteiger charge is -2.13. The zero-order chi connectivity index (χ0) is 14.7. The number of carbonyl (C=O) groups excluding carboxylic acids is 1. The normalized spacial score (nSPS) is 15.7. The number of amides is 1. The average molecular weight is 277 g/mol. The second-order valence-corrected chi connectivity index (χ2v) is 5.26. The minimum Gasteiger partial charge on any atom is -0.352 e. The Morgan fingerprint density at radius 3 is 2.80 bits per heavy atom. The van der Waals surface area contributed by atoms with Gasteiger partial charge in [0, 0.05) is 24.2 Å². The number of nitro groups is 1. The number of nitro benzene ring substituents is 1. The summed E-state index contributed by atoms with van der Waals surface area (Å²) in [5.41, 5.74) is 1.55. The first-order chi connectivity index (χ1) is 9.47. The summed E-state index contributed by atoms with van der Waals surface area (Å²) in [6.07, 6.45) is 2.12. The van der Waals surface area contributed by atoms with Crippen LogP contribution in [0.5, 0.6) is 0 Å². The van der Waals surface area contributed by atoms with E-state index in [1.54, 1.807) is 26.0 Å². The molecule has 1 aliphatic rings. The van der Waals surface area contributed by atoms with Crippen molar-refractivity contribution < 1.29 is 9.72 Å². The molecule has 1 amide bonds. The first-order valence-corrected chi connectivity index (χ1v) is 6.75. The maximum atomic E-state index is 11.8. The number of rotatable bonds is 6. The summed E-state index contributed by atoms with van der Waals surface area (Å²) < 4.78 is 0. The van der Waals surface area contributed by atoms with Gasteiger partial charge in [-0.1, -0.05) is 12.1 Å². The summed E-state index contributed by atoms with van der Waals surface area (Å²) in [5.74, 6) is -0.0193. The van der Waals surface area contributed by atoms with Crippen molar-refractivity contribution in [3.63, 3.8) is 0 Å². The molecule has 6 heteroatoms. The van der Waals surface area contributed by atoms with Crippen molar-refractivity contribution >= 4 is 11.6 Å². The second kappa shape index (κ2) is 6.00. The number of nitrogens with one attached hydrogen (secondary N) is 2.